The van der Waals surface area contributed by atoms with Crippen molar-refractivity contribution in [1.29, 1.82) is 0 Å². The van der Waals surface area contributed by atoms with Crippen molar-refractivity contribution in [2.45, 2.75) is 12.5 Å². The summed E-state index contributed by atoms with van der Waals surface area (Å²) in [7, 11) is 0. The Hall–Kier alpha value is -3.64. The van der Waals surface area contributed by atoms with E-state index in [0.29, 0.717) is 17.5 Å². The summed E-state index contributed by atoms with van der Waals surface area (Å²) in [5.74, 6) is -0.562. The summed E-state index contributed by atoms with van der Waals surface area (Å²) >= 11 is 0. The number of carbonyl (C=O) groups is 2. The number of anilines is 2. The van der Waals surface area contributed by atoms with Gasteiger partial charge in [0.05, 0.1) is 18.8 Å². The molecule has 2 heterocycles. The van der Waals surface area contributed by atoms with Gasteiger partial charge in [-0.2, -0.15) is 0 Å². The van der Waals surface area contributed by atoms with Crippen molar-refractivity contribution >= 4 is 23.3 Å². The molecule has 0 spiro atoms. The summed E-state index contributed by atoms with van der Waals surface area (Å²) in [5.41, 5.74) is 4.65. The van der Waals surface area contributed by atoms with Gasteiger partial charge in [-0.3, -0.25) is 4.79 Å². The molecule has 0 saturated carbocycles. The Morgan fingerprint density at radius 2 is 1.69 bits per heavy atom. The average Bonchev–Trinajstić information content (AvgIpc) is 2.85. The maximum absolute atomic E-state index is 12.9. The highest BCUT2D eigenvalue weighted by atomic mass is 16.5. The number of rotatable bonds is 4. The van der Waals surface area contributed by atoms with E-state index in [-0.39, 0.29) is 18.0 Å². The number of nitrogens with one attached hydrogen (secondary N) is 1. The molecule has 1 N–H and O–H groups in total. The number of ether oxygens (including phenoxy) is 2. The van der Waals surface area contributed by atoms with E-state index in [4.69, 9.17) is 9.47 Å². The standard InChI is InChI=1S/C26H24N2O4/c29-25(27-21-7-9-22(10-8-21)28-12-14-31-15-13-28)19-6-11-23-20(16-19)17-24(32-26(23)30)18-4-2-1-3-5-18/h1-11,16,24H,12-15,17H2,(H,27,29)/t24-/m1/s1. The largest absolute Gasteiger partial charge is 0.454 e. The molecule has 162 valence electrons. The highest BCUT2D eigenvalue weighted by molar-refractivity contribution is 6.05. The summed E-state index contributed by atoms with van der Waals surface area (Å²) in [4.78, 5) is 27.6. The summed E-state index contributed by atoms with van der Waals surface area (Å²) in [5, 5.41) is 2.95. The van der Waals surface area contributed by atoms with E-state index in [1.807, 2.05) is 54.6 Å². The van der Waals surface area contributed by atoms with Gasteiger partial charge in [-0.1, -0.05) is 30.3 Å². The molecule has 0 aromatic heterocycles. The summed E-state index contributed by atoms with van der Waals surface area (Å²) in [6.07, 6.45) is 0.197. The third-order valence-corrected chi connectivity index (χ3v) is 5.91. The van der Waals surface area contributed by atoms with Crippen molar-refractivity contribution in [2.24, 2.45) is 0 Å². The Bertz CT molecular complexity index is 1120. The minimum Gasteiger partial charge on any atom is -0.454 e. The fraction of sp³-hybridized carbons (Fsp3) is 0.231. The molecule has 0 bridgehead atoms. The Morgan fingerprint density at radius 3 is 2.44 bits per heavy atom. The second-order valence-corrected chi connectivity index (χ2v) is 7.98. The normalized spacial score (nSPS) is 17.9. The van der Waals surface area contributed by atoms with E-state index in [9.17, 15) is 9.59 Å². The van der Waals surface area contributed by atoms with Gasteiger partial charge in [0.2, 0.25) is 0 Å². The lowest BCUT2D eigenvalue weighted by Gasteiger charge is -2.28. The minimum atomic E-state index is -0.356. The first kappa shape index (κ1) is 20.3. The third-order valence-electron chi connectivity index (χ3n) is 5.91. The fourth-order valence-corrected chi connectivity index (χ4v) is 4.17. The first-order valence-corrected chi connectivity index (χ1v) is 10.8. The van der Waals surface area contributed by atoms with Crippen LogP contribution in [0.2, 0.25) is 0 Å². The van der Waals surface area contributed by atoms with Gasteiger partial charge >= 0.3 is 5.97 Å². The number of morpholine rings is 1. The molecule has 2 aliphatic rings. The molecule has 6 heteroatoms. The number of esters is 1. The van der Waals surface area contributed by atoms with Crippen LogP contribution in [0.3, 0.4) is 0 Å². The number of cyclic esters (lactones) is 1. The fourth-order valence-electron chi connectivity index (χ4n) is 4.17. The molecule has 1 saturated heterocycles. The predicted molar refractivity (Wildman–Crippen MR) is 122 cm³/mol. The van der Waals surface area contributed by atoms with Crippen molar-refractivity contribution in [3.8, 4) is 0 Å². The van der Waals surface area contributed by atoms with Gasteiger partial charge in [-0.15, -0.1) is 0 Å². The zero-order valence-corrected chi connectivity index (χ0v) is 17.6. The minimum absolute atomic E-state index is 0.206. The van der Waals surface area contributed by atoms with Gasteiger partial charge in [0.1, 0.15) is 6.10 Å². The highest BCUT2D eigenvalue weighted by Gasteiger charge is 2.28. The number of amides is 1. The van der Waals surface area contributed by atoms with Crippen molar-refractivity contribution in [2.75, 3.05) is 36.5 Å². The molecule has 2 aliphatic heterocycles. The summed E-state index contributed by atoms with van der Waals surface area (Å²) in [6.45, 7) is 3.20. The van der Waals surface area contributed by atoms with Gasteiger partial charge in [0.15, 0.2) is 0 Å². The molecule has 0 aliphatic carbocycles. The molecule has 1 amide bonds. The third kappa shape index (κ3) is 4.22. The maximum atomic E-state index is 12.9. The summed E-state index contributed by atoms with van der Waals surface area (Å²) in [6, 6.07) is 22.6. The SMILES string of the molecule is O=C(Nc1ccc(N2CCOCC2)cc1)c1ccc2c(c1)C[C@H](c1ccccc1)OC2=O. The number of fused-ring (bicyclic) bond motifs is 1. The molecule has 3 aromatic carbocycles. The van der Waals surface area contributed by atoms with Gasteiger partial charge in [-0.05, 0) is 53.6 Å². The second-order valence-electron chi connectivity index (χ2n) is 7.98. The first-order chi connectivity index (χ1) is 15.7. The maximum Gasteiger partial charge on any atom is 0.339 e. The zero-order chi connectivity index (χ0) is 21.9. The van der Waals surface area contributed by atoms with E-state index >= 15 is 0 Å². The molecule has 1 fully saturated rings. The Kier molecular flexibility index (Phi) is 5.60. The van der Waals surface area contributed by atoms with Gasteiger partial charge in [0, 0.05) is 36.4 Å². The van der Waals surface area contributed by atoms with Crippen molar-refractivity contribution in [3.63, 3.8) is 0 Å². The number of hydrogen-bond acceptors (Lipinski definition) is 5. The molecule has 3 aromatic rings. The predicted octanol–water partition coefficient (Wildman–Crippen LogP) is 4.23. The number of carbonyl (C=O) groups excluding carboxylic acids is 2. The lowest BCUT2D eigenvalue weighted by molar-refractivity contribution is 0.0252. The monoisotopic (exact) mass is 428 g/mol. The van der Waals surface area contributed by atoms with Gasteiger partial charge in [0.25, 0.3) is 5.91 Å². The number of hydrogen-bond donors (Lipinski definition) is 1. The van der Waals surface area contributed by atoms with Crippen LogP contribution in [0.5, 0.6) is 0 Å². The Balaban J connectivity index is 1.30. The van der Waals surface area contributed by atoms with Crippen LogP contribution in [0.4, 0.5) is 11.4 Å². The molecular weight excluding hydrogens is 404 g/mol. The molecule has 5 rings (SSSR count). The van der Waals surface area contributed by atoms with Crippen LogP contribution in [0.15, 0.2) is 72.8 Å². The lowest BCUT2D eigenvalue weighted by Crippen LogP contribution is -2.36. The van der Waals surface area contributed by atoms with E-state index < -0.39 is 0 Å². The van der Waals surface area contributed by atoms with Crippen LogP contribution in [0.25, 0.3) is 0 Å². The van der Waals surface area contributed by atoms with E-state index in [1.165, 1.54) is 0 Å². The van der Waals surface area contributed by atoms with Gasteiger partial charge < -0.3 is 19.7 Å². The van der Waals surface area contributed by atoms with Crippen LogP contribution in [0.1, 0.15) is 37.9 Å². The van der Waals surface area contributed by atoms with Crippen molar-refractivity contribution in [3.05, 3.63) is 95.1 Å². The van der Waals surface area contributed by atoms with E-state index in [0.717, 1.165) is 48.8 Å². The average molecular weight is 428 g/mol. The van der Waals surface area contributed by atoms with Crippen LogP contribution in [0, 0.1) is 0 Å². The lowest BCUT2D eigenvalue weighted by atomic mass is 9.93. The summed E-state index contributed by atoms with van der Waals surface area (Å²) < 4.78 is 11.0. The van der Waals surface area contributed by atoms with Crippen LogP contribution in [-0.2, 0) is 15.9 Å². The van der Waals surface area contributed by atoms with Gasteiger partial charge in [-0.25, -0.2) is 4.79 Å². The van der Waals surface area contributed by atoms with Crippen LogP contribution in [-0.4, -0.2) is 38.2 Å². The number of benzene rings is 3. The molecule has 1 atom stereocenters. The molecular formula is C26H24N2O4. The van der Waals surface area contributed by atoms with Crippen molar-refractivity contribution in [1.82, 2.24) is 0 Å². The zero-order valence-electron chi connectivity index (χ0n) is 17.6. The first-order valence-electron chi connectivity index (χ1n) is 10.8. The molecule has 32 heavy (non-hydrogen) atoms. The molecule has 0 unspecified atom stereocenters. The van der Waals surface area contributed by atoms with Crippen LogP contribution < -0.4 is 10.2 Å². The smallest absolute Gasteiger partial charge is 0.339 e. The molecule has 0 radical (unpaired) electrons. The highest BCUT2D eigenvalue weighted by Crippen LogP contribution is 2.31. The van der Waals surface area contributed by atoms with Crippen molar-refractivity contribution < 1.29 is 19.1 Å². The van der Waals surface area contributed by atoms with E-state index in [1.54, 1.807) is 18.2 Å². The molecule has 6 nitrogen and oxygen atoms in total. The number of nitrogens with zero attached hydrogens (tertiary/aromatic N) is 1. The quantitative estimate of drug-likeness (QED) is 0.630. The second kappa shape index (κ2) is 8.85. The Labute approximate surface area is 186 Å². The van der Waals surface area contributed by atoms with E-state index in [2.05, 4.69) is 10.2 Å². The van der Waals surface area contributed by atoms with Crippen LogP contribution >= 0.6 is 0 Å². The Morgan fingerprint density at radius 1 is 0.938 bits per heavy atom. The topological polar surface area (TPSA) is 67.9 Å².